The van der Waals surface area contributed by atoms with Crippen molar-refractivity contribution in [3.05, 3.63) is 0 Å². The van der Waals surface area contributed by atoms with Gasteiger partial charge in [0.25, 0.3) is 0 Å². The summed E-state index contributed by atoms with van der Waals surface area (Å²) in [4.78, 5) is 2.42. The van der Waals surface area contributed by atoms with E-state index in [1.165, 1.54) is 26.2 Å². The predicted molar refractivity (Wildman–Crippen MR) is 52.6 cm³/mol. The van der Waals surface area contributed by atoms with Crippen LogP contribution < -0.4 is 5.32 Å². The molecule has 0 aromatic rings. The fourth-order valence-corrected chi connectivity index (χ4v) is 2.53. The summed E-state index contributed by atoms with van der Waals surface area (Å²) in [5.74, 6) is 1.70. The van der Waals surface area contributed by atoms with E-state index in [0.717, 1.165) is 24.8 Å². The SMILES string of the molecule is CC[C@H](O)CN1C[C@H]2CNC[C@H]2C1. The third-order valence-corrected chi connectivity index (χ3v) is 3.41. The Morgan fingerprint density at radius 2 is 2.00 bits per heavy atom. The molecule has 2 aliphatic rings. The Morgan fingerprint density at radius 3 is 2.54 bits per heavy atom. The Labute approximate surface area is 80.1 Å². The van der Waals surface area contributed by atoms with E-state index in [0.29, 0.717) is 0 Å². The molecule has 3 atom stereocenters. The normalized spacial score (nSPS) is 36.5. The third-order valence-electron chi connectivity index (χ3n) is 3.41. The highest BCUT2D eigenvalue weighted by atomic mass is 16.3. The van der Waals surface area contributed by atoms with Gasteiger partial charge in [0.2, 0.25) is 0 Å². The maximum atomic E-state index is 9.52. The van der Waals surface area contributed by atoms with Crippen molar-refractivity contribution in [2.45, 2.75) is 19.4 Å². The van der Waals surface area contributed by atoms with Crippen LogP contribution >= 0.6 is 0 Å². The van der Waals surface area contributed by atoms with Crippen LogP contribution in [0.3, 0.4) is 0 Å². The van der Waals surface area contributed by atoms with Gasteiger partial charge in [-0.05, 0) is 31.3 Å². The molecule has 0 aromatic heterocycles. The summed E-state index contributed by atoms with van der Waals surface area (Å²) in [5.41, 5.74) is 0. The monoisotopic (exact) mass is 184 g/mol. The summed E-state index contributed by atoms with van der Waals surface area (Å²) in [6.07, 6.45) is 0.760. The maximum Gasteiger partial charge on any atom is 0.0664 e. The van der Waals surface area contributed by atoms with Crippen molar-refractivity contribution in [1.82, 2.24) is 10.2 Å². The molecule has 2 aliphatic heterocycles. The van der Waals surface area contributed by atoms with Gasteiger partial charge in [-0.2, -0.15) is 0 Å². The van der Waals surface area contributed by atoms with Gasteiger partial charge in [-0.25, -0.2) is 0 Å². The smallest absolute Gasteiger partial charge is 0.0664 e. The van der Waals surface area contributed by atoms with Crippen molar-refractivity contribution in [3.63, 3.8) is 0 Å². The molecule has 0 amide bonds. The molecule has 3 heteroatoms. The van der Waals surface area contributed by atoms with E-state index in [1.807, 2.05) is 6.92 Å². The highest BCUT2D eigenvalue weighted by Gasteiger charge is 2.36. The number of hydrogen-bond acceptors (Lipinski definition) is 3. The molecule has 2 saturated heterocycles. The lowest BCUT2D eigenvalue weighted by atomic mass is 10.0. The topological polar surface area (TPSA) is 35.5 Å². The van der Waals surface area contributed by atoms with Gasteiger partial charge >= 0.3 is 0 Å². The number of likely N-dealkylation sites (tertiary alicyclic amines) is 1. The first kappa shape index (κ1) is 9.44. The van der Waals surface area contributed by atoms with Crippen LogP contribution in [0, 0.1) is 11.8 Å². The molecule has 13 heavy (non-hydrogen) atoms. The van der Waals surface area contributed by atoms with Crippen molar-refractivity contribution in [2.24, 2.45) is 11.8 Å². The lowest BCUT2D eigenvalue weighted by molar-refractivity contribution is 0.118. The van der Waals surface area contributed by atoms with Crippen LogP contribution in [-0.4, -0.2) is 48.8 Å². The lowest BCUT2D eigenvalue weighted by Crippen LogP contribution is -2.32. The number of rotatable bonds is 3. The number of hydrogen-bond donors (Lipinski definition) is 2. The molecule has 3 nitrogen and oxygen atoms in total. The van der Waals surface area contributed by atoms with E-state index in [4.69, 9.17) is 0 Å². The molecule has 2 rings (SSSR count). The number of fused-ring (bicyclic) bond motifs is 1. The van der Waals surface area contributed by atoms with Gasteiger partial charge in [0.15, 0.2) is 0 Å². The molecule has 0 saturated carbocycles. The zero-order valence-electron chi connectivity index (χ0n) is 8.37. The van der Waals surface area contributed by atoms with Crippen LogP contribution in [0.2, 0.25) is 0 Å². The van der Waals surface area contributed by atoms with Crippen molar-refractivity contribution >= 4 is 0 Å². The molecular weight excluding hydrogens is 164 g/mol. The number of nitrogens with zero attached hydrogens (tertiary/aromatic N) is 1. The lowest BCUT2D eigenvalue weighted by Gasteiger charge is -2.19. The fraction of sp³-hybridized carbons (Fsp3) is 1.00. The van der Waals surface area contributed by atoms with Crippen molar-refractivity contribution in [2.75, 3.05) is 32.7 Å². The van der Waals surface area contributed by atoms with Gasteiger partial charge in [-0.15, -0.1) is 0 Å². The Hall–Kier alpha value is -0.120. The molecule has 0 aromatic carbocycles. The van der Waals surface area contributed by atoms with E-state index in [2.05, 4.69) is 10.2 Å². The number of aliphatic hydroxyl groups is 1. The molecule has 2 heterocycles. The molecule has 2 N–H and O–H groups in total. The zero-order valence-corrected chi connectivity index (χ0v) is 8.37. The van der Waals surface area contributed by atoms with Gasteiger partial charge in [0.1, 0.15) is 0 Å². The second kappa shape index (κ2) is 3.95. The predicted octanol–water partition coefficient (Wildman–Crippen LogP) is -0.0915. The molecule has 0 radical (unpaired) electrons. The molecule has 0 unspecified atom stereocenters. The van der Waals surface area contributed by atoms with E-state index in [9.17, 15) is 5.11 Å². The Balaban J connectivity index is 1.78. The van der Waals surface area contributed by atoms with Gasteiger partial charge in [-0.1, -0.05) is 6.92 Å². The van der Waals surface area contributed by atoms with Crippen LogP contribution in [0.5, 0.6) is 0 Å². The highest BCUT2D eigenvalue weighted by Crippen LogP contribution is 2.26. The summed E-state index contributed by atoms with van der Waals surface area (Å²) in [7, 11) is 0. The third kappa shape index (κ3) is 2.03. The molecule has 0 spiro atoms. The standard InChI is InChI=1S/C10H20N2O/c1-2-10(13)7-12-5-8-3-11-4-9(8)6-12/h8-11,13H,2-7H2,1H3/t8-,9+,10-/m0/s1. The van der Waals surface area contributed by atoms with Crippen LogP contribution in [0.4, 0.5) is 0 Å². The van der Waals surface area contributed by atoms with Crippen molar-refractivity contribution in [1.29, 1.82) is 0 Å². The summed E-state index contributed by atoms with van der Waals surface area (Å²) in [5, 5.41) is 12.9. The Morgan fingerprint density at radius 1 is 1.38 bits per heavy atom. The quantitative estimate of drug-likeness (QED) is 0.643. The first-order valence-electron chi connectivity index (χ1n) is 5.40. The molecule has 0 bridgehead atoms. The first-order chi connectivity index (χ1) is 6.29. The summed E-state index contributed by atoms with van der Waals surface area (Å²) in [6, 6.07) is 0. The minimum atomic E-state index is -0.119. The number of nitrogens with one attached hydrogen (secondary N) is 1. The van der Waals surface area contributed by atoms with Crippen LogP contribution in [-0.2, 0) is 0 Å². The van der Waals surface area contributed by atoms with Crippen molar-refractivity contribution < 1.29 is 5.11 Å². The Bertz CT molecular complexity index is 160. The van der Waals surface area contributed by atoms with E-state index >= 15 is 0 Å². The molecule has 0 aliphatic carbocycles. The highest BCUT2D eigenvalue weighted by molar-refractivity contribution is 4.91. The van der Waals surface area contributed by atoms with Crippen LogP contribution in [0.25, 0.3) is 0 Å². The number of β-amino-alcohol motifs (C(OH)–C–C–N with tert-alkyl or cyclic N) is 1. The Kier molecular flexibility index (Phi) is 2.86. The van der Waals surface area contributed by atoms with Gasteiger partial charge in [-0.3, -0.25) is 0 Å². The summed E-state index contributed by atoms with van der Waals surface area (Å²) < 4.78 is 0. The molecule has 2 fully saturated rings. The average molecular weight is 184 g/mol. The average Bonchev–Trinajstić information content (AvgIpc) is 2.63. The van der Waals surface area contributed by atoms with Crippen molar-refractivity contribution in [3.8, 4) is 0 Å². The second-order valence-corrected chi connectivity index (χ2v) is 4.46. The number of aliphatic hydroxyl groups excluding tert-OH is 1. The van der Waals surface area contributed by atoms with Gasteiger partial charge in [0.05, 0.1) is 6.10 Å². The van der Waals surface area contributed by atoms with E-state index in [1.54, 1.807) is 0 Å². The zero-order chi connectivity index (χ0) is 9.26. The van der Waals surface area contributed by atoms with Gasteiger partial charge in [0, 0.05) is 19.6 Å². The minimum Gasteiger partial charge on any atom is -0.392 e. The largest absolute Gasteiger partial charge is 0.392 e. The molecular formula is C10H20N2O. The van der Waals surface area contributed by atoms with Crippen LogP contribution in [0.15, 0.2) is 0 Å². The van der Waals surface area contributed by atoms with Gasteiger partial charge < -0.3 is 15.3 Å². The first-order valence-corrected chi connectivity index (χ1v) is 5.40. The van der Waals surface area contributed by atoms with E-state index < -0.39 is 0 Å². The summed E-state index contributed by atoms with van der Waals surface area (Å²) in [6.45, 7) is 7.67. The summed E-state index contributed by atoms with van der Waals surface area (Å²) >= 11 is 0. The second-order valence-electron chi connectivity index (χ2n) is 4.46. The fourth-order valence-electron chi connectivity index (χ4n) is 2.53. The maximum absolute atomic E-state index is 9.52. The minimum absolute atomic E-state index is 0.119. The van der Waals surface area contributed by atoms with Crippen LogP contribution in [0.1, 0.15) is 13.3 Å². The molecule has 76 valence electrons. The van der Waals surface area contributed by atoms with E-state index in [-0.39, 0.29) is 6.10 Å².